The van der Waals surface area contributed by atoms with Crippen LogP contribution in [0, 0.1) is 6.92 Å². The van der Waals surface area contributed by atoms with E-state index in [1.807, 2.05) is 38.6 Å². The minimum atomic E-state index is 0.971. The maximum absolute atomic E-state index is 4.47. The Morgan fingerprint density at radius 1 is 0.941 bits per heavy atom. The number of hydrogen-bond acceptors (Lipinski definition) is 4. The molecule has 0 fully saturated rings. The van der Waals surface area contributed by atoms with Crippen molar-refractivity contribution >= 4 is 23.0 Å². The molecule has 3 heterocycles. The molecular formula is C13H14N4. The molecule has 0 aliphatic carbocycles. The van der Waals surface area contributed by atoms with E-state index in [1.54, 1.807) is 0 Å². The first-order chi connectivity index (χ1) is 8.20. The van der Waals surface area contributed by atoms with Gasteiger partial charge < -0.3 is 9.80 Å². The van der Waals surface area contributed by atoms with Gasteiger partial charge in [-0.15, -0.1) is 0 Å². The Morgan fingerprint density at radius 2 is 1.71 bits per heavy atom. The van der Waals surface area contributed by atoms with Gasteiger partial charge in [0, 0.05) is 26.5 Å². The fraction of sp³-hybridized carbons (Fsp3) is 0.231. The summed E-state index contributed by atoms with van der Waals surface area (Å²) in [6.45, 7) is 2.10. The summed E-state index contributed by atoms with van der Waals surface area (Å²) in [5.74, 6) is 1.95. The van der Waals surface area contributed by atoms with E-state index in [0.29, 0.717) is 0 Å². The number of pyridine rings is 2. The van der Waals surface area contributed by atoms with Gasteiger partial charge >= 0.3 is 0 Å². The van der Waals surface area contributed by atoms with Crippen molar-refractivity contribution in [2.75, 3.05) is 23.9 Å². The third-order valence-electron chi connectivity index (χ3n) is 3.20. The van der Waals surface area contributed by atoms with Gasteiger partial charge in [0.25, 0.3) is 0 Å². The van der Waals surface area contributed by atoms with Gasteiger partial charge in [0.15, 0.2) is 11.6 Å². The summed E-state index contributed by atoms with van der Waals surface area (Å²) in [6, 6.07) is 6.03. The number of fused-ring (bicyclic) bond motifs is 2. The first kappa shape index (κ1) is 10.1. The van der Waals surface area contributed by atoms with E-state index >= 15 is 0 Å². The van der Waals surface area contributed by atoms with Gasteiger partial charge in [-0.1, -0.05) is 0 Å². The average Bonchev–Trinajstić information content (AvgIpc) is 2.36. The molecule has 0 amide bonds. The molecule has 3 rings (SSSR count). The fourth-order valence-corrected chi connectivity index (χ4v) is 2.32. The highest BCUT2D eigenvalue weighted by Crippen LogP contribution is 2.44. The molecule has 2 aromatic heterocycles. The van der Waals surface area contributed by atoms with Crippen LogP contribution in [0.25, 0.3) is 0 Å². The predicted octanol–water partition coefficient (Wildman–Crippen LogP) is 2.63. The quantitative estimate of drug-likeness (QED) is 0.691. The maximum Gasteiger partial charge on any atom is 0.157 e. The minimum absolute atomic E-state index is 0.971. The Kier molecular flexibility index (Phi) is 2.04. The Balaban J connectivity index is 2.29. The number of anilines is 4. The van der Waals surface area contributed by atoms with Crippen molar-refractivity contribution < 1.29 is 0 Å². The van der Waals surface area contributed by atoms with Gasteiger partial charge in [0.05, 0.1) is 11.4 Å². The highest BCUT2D eigenvalue weighted by atomic mass is 15.3. The summed E-state index contributed by atoms with van der Waals surface area (Å²) in [4.78, 5) is 13.1. The lowest BCUT2D eigenvalue weighted by molar-refractivity contribution is 1.00. The molecule has 0 aromatic carbocycles. The zero-order valence-electron chi connectivity index (χ0n) is 10.2. The van der Waals surface area contributed by atoms with E-state index in [1.165, 1.54) is 5.56 Å². The van der Waals surface area contributed by atoms with Crippen LogP contribution in [-0.2, 0) is 0 Å². The molecule has 0 bridgehead atoms. The summed E-state index contributed by atoms with van der Waals surface area (Å²) in [5, 5.41) is 0. The average molecular weight is 226 g/mol. The Bertz CT molecular complexity index is 579. The van der Waals surface area contributed by atoms with Gasteiger partial charge in [-0.3, -0.25) is 0 Å². The Hall–Kier alpha value is -2.10. The Morgan fingerprint density at radius 3 is 2.53 bits per heavy atom. The van der Waals surface area contributed by atoms with Crippen molar-refractivity contribution in [3.63, 3.8) is 0 Å². The lowest BCUT2D eigenvalue weighted by atomic mass is 10.1. The van der Waals surface area contributed by atoms with Gasteiger partial charge in [-0.2, -0.15) is 0 Å². The minimum Gasteiger partial charge on any atom is -0.325 e. The normalized spacial score (nSPS) is 13.4. The second-order valence-electron chi connectivity index (χ2n) is 4.26. The second kappa shape index (κ2) is 3.45. The fourth-order valence-electron chi connectivity index (χ4n) is 2.32. The molecule has 0 radical (unpaired) electrons. The van der Waals surface area contributed by atoms with Crippen molar-refractivity contribution in [1.82, 2.24) is 9.97 Å². The van der Waals surface area contributed by atoms with E-state index in [-0.39, 0.29) is 0 Å². The molecule has 1 aliphatic rings. The second-order valence-corrected chi connectivity index (χ2v) is 4.26. The van der Waals surface area contributed by atoms with Crippen LogP contribution in [0.4, 0.5) is 23.0 Å². The van der Waals surface area contributed by atoms with Crippen LogP contribution in [-0.4, -0.2) is 24.1 Å². The zero-order chi connectivity index (χ0) is 12.0. The number of aryl methyl sites for hydroxylation is 1. The first-order valence-corrected chi connectivity index (χ1v) is 5.58. The molecule has 1 aliphatic heterocycles. The highest BCUT2D eigenvalue weighted by molar-refractivity contribution is 5.90. The van der Waals surface area contributed by atoms with Crippen LogP contribution in [0.15, 0.2) is 30.6 Å². The van der Waals surface area contributed by atoms with Crippen molar-refractivity contribution in [2.24, 2.45) is 0 Å². The molecule has 0 saturated heterocycles. The molecule has 4 nitrogen and oxygen atoms in total. The molecule has 0 unspecified atom stereocenters. The van der Waals surface area contributed by atoms with Crippen molar-refractivity contribution in [2.45, 2.75) is 6.92 Å². The summed E-state index contributed by atoms with van der Waals surface area (Å²) in [5.41, 5.74) is 3.42. The standard InChI is InChI=1S/C13H14N4/c1-9-6-8-15-13-11(9)17(3)12-10(16(13)2)5-4-7-14-12/h4-8H,1-3H3. The smallest absolute Gasteiger partial charge is 0.157 e. The first-order valence-electron chi connectivity index (χ1n) is 5.58. The van der Waals surface area contributed by atoms with E-state index in [9.17, 15) is 0 Å². The molecule has 4 heteroatoms. The molecule has 17 heavy (non-hydrogen) atoms. The monoisotopic (exact) mass is 226 g/mol. The Labute approximate surface area is 101 Å². The number of nitrogens with zero attached hydrogens (tertiary/aromatic N) is 4. The molecular weight excluding hydrogens is 212 g/mol. The summed E-state index contributed by atoms with van der Waals surface area (Å²) < 4.78 is 0. The molecule has 0 spiro atoms. The zero-order valence-corrected chi connectivity index (χ0v) is 10.2. The van der Waals surface area contributed by atoms with Gasteiger partial charge in [-0.25, -0.2) is 9.97 Å². The lowest BCUT2D eigenvalue weighted by Gasteiger charge is -2.35. The van der Waals surface area contributed by atoms with Crippen molar-refractivity contribution in [3.8, 4) is 0 Å². The largest absolute Gasteiger partial charge is 0.325 e. The van der Waals surface area contributed by atoms with Crippen molar-refractivity contribution in [3.05, 3.63) is 36.2 Å². The van der Waals surface area contributed by atoms with Crippen LogP contribution in [0.5, 0.6) is 0 Å². The van der Waals surface area contributed by atoms with E-state index in [0.717, 1.165) is 23.0 Å². The van der Waals surface area contributed by atoms with E-state index in [4.69, 9.17) is 0 Å². The summed E-state index contributed by atoms with van der Waals surface area (Å²) in [7, 11) is 4.06. The molecule has 0 N–H and O–H groups in total. The maximum atomic E-state index is 4.47. The molecule has 2 aromatic rings. The highest BCUT2D eigenvalue weighted by Gasteiger charge is 2.26. The van der Waals surface area contributed by atoms with Crippen LogP contribution in [0.3, 0.4) is 0 Å². The molecule has 0 atom stereocenters. The number of aromatic nitrogens is 2. The third kappa shape index (κ3) is 1.30. The van der Waals surface area contributed by atoms with Crippen LogP contribution in [0.2, 0.25) is 0 Å². The van der Waals surface area contributed by atoms with Gasteiger partial charge in [0.2, 0.25) is 0 Å². The van der Waals surface area contributed by atoms with Crippen LogP contribution >= 0.6 is 0 Å². The summed E-state index contributed by atoms with van der Waals surface area (Å²) >= 11 is 0. The SMILES string of the molecule is Cc1ccnc2c1N(C)c1ncccc1N2C. The third-order valence-corrected chi connectivity index (χ3v) is 3.20. The molecule has 0 saturated carbocycles. The van der Waals surface area contributed by atoms with Gasteiger partial charge in [-0.05, 0) is 30.7 Å². The van der Waals surface area contributed by atoms with Crippen molar-refractivity contribution in [1.29, 1.82) is 0 Å². The lowest BCUT2D eigenvalue weighted by Crippen LogP contribution is -2.26. The van der Waals surface area contributed by atoms with Gasteiger partial charge in [0.1, 0.15) is 0 Å². The molecule has 86 valence electrons. The topological polar surface area (TPSA) is 32.3 Å². The summed E-state index contributed by atoms with van der Waals surface area (Å²) in [6.07, 6.45) is 3.67. The number of hydrogen-bond donors (Lipinski definition) is 0. The predicted molar refractivity (Wildman–Crippen MR) is 69.3 cm³/mol. The van der Waals surface area contributed by atoms with Crippen LogP contribution < -0.4 is 9.80 Å². The van der Waals surface area contributed by atoms with E-state index < -0.39 is 0 Å². The van der Waals surface area contributed by atoms with Crippen LogP contribution in [0.1, 0.15) is 5.56 Å². The van der Waals surface area contributed by atoms with E-state index in [2.05, 4.69) is 32.8 Å². The number of rotatable bonds is 0.